The van der Waals surface area contributed by atoms with Gasteiger partial charge in [-0.15, -0.1) is 6.58 Å². The van der Waals surface area contributed by atoms with Crippen molar-refractivity contribution in [2.45, 2.75) is 37.5 Å². The van der Waals surface area contributed by atoms with Crippen molar-refractivity contribution >= 4 is 0 Å². The Kier molecular flexibility index (Phi) is 2.09. The second-order valence-corrected chi connectivity index (χ2v) is 2.94. The highest BCUT2D eigenvalue weighted by Gasteiger charge is 2.40. The van der Waals surface area contributed by atoms with Gasteiger partial charge in [0.2, 0.25) is 0 Å². The van der Waals surface area contributed by atoms with Crippen LogP contribution in [-0.2, 0) is 0 Å². The van der Waals surface area contributed by atoms with E-state index in [0.717, 1.165) is 6.42 Å². The molecule has 1 nitrogen and oxygen atoms in total. The summed E-state index contributed by atoms with van der Waals surface area (Å²) < 4.78 is 13.4. The van der Waals surface area contributed by atoms with E-state index in [1.165, 1.54) is 6.08 Å². The molecule has 2 unspecified atom stereocenters. The maximum atomic E-state index is 13.4. The standard InChI is InChI=1S/C8H13FO/c1-2-5-8(9)6-3-4-7(8)10/h2,7,10H,1,3-6H2. The molecular formula is C8H13FO. The van der Waals surface area contributed by atoms with Gasteiger partial charge >= 0.3 is 0 Å². The molecule has 0 spiro atoms. The molecule has 0 radical (unpaired) electrons. The Morgan fingerprint density at radius 3 is 2.90 bits per heavy atom. The predicted molar refractivity (Wildman–Crippen MR) is 38.5 cm³/mol. The number of aliphatic hydroxyl groups excluding tert-OH is 1. The predicted octanol–water partition coefficient (Wildman–Crippen LogP) is 1.82. The largest absolute Gasteiger partial charge is 0.390 e. The summed E-state index contributed by atoms with van der Waals surface area (Å²) >= 11 is 0. The number of alkyl halides is 1. The molecule has 0 aromatic rings. The molecule has 0 heterocycles. The molecule has 2 atom stereocenters. The molecular weight excluding hydrogens is 131 g/mol. The van der Waals surface area contributed by atoms with Crippen LogP contribution in [0.4, 0.5) is 4.39 Å². The second-order valence-electron chi connectivity index (χ2n) is 2.94. The summed E-state index contributed by atoms with van der Waals surface area (Å²) in [6.45, 7) is 3.45. The average molecular weight is 144 g/mol. The van der Waals surface area contributed by atoms with E-state index in [9.17, 15) is 4.39 Å². The highest BCUT2D eigenvalue weighted by atomic mass is 19.1. The van der Waals surface area contributed by atoms with Gasteiger partial charge in [0.1, 0.15) is 5.67 Å². The molecule has 0 aromatic carbocycles. The SMILES string of the molecule is C=CCC1(F)CCCC1O. The van der Waals surface area contributed by atoms with Gasteiger partial charge in [-0.1, -0.05) is 6.08 Å². The van der Waals surface area contributed by atoms with Crippen molar-refractivity contribution < 1.29 is 9.50 Å². The zero-order valence-corrected chi connectivity index (χ0v) is 6.02. The molecule has 1 rings (SSSR count). The summed E-state index contributed by atoms with van der Waals surface area (Å²) in [7, 11) is 0. The number of hydrogen-bond acceptors (Lipinski definition) is 1. The summed E-state index contributed by atoms with van der Waals surface area (Å²) in [6, 6.07) is 0. The first-order chi connectivity index (χ1) is 4.69. The third-order valence-electron chi connectivity index (χ3n) is 2.15. The van der Waals surface area contributed by atoms with Gasteiger partial charge in [0, 0.05) is 6.42 Å². The third kappa shape index (κ3) is 1.21. The van der Waals surface area contributed by atoms with E-state index in [2.05, 4.69) is 6.58 Å². The van der Waals surface area contributed by atoms with Crippen LogP contribution in [0.2, 0.25) is 0 Å². The smallest absolute Gasteiger partial charge is 0.140 e. The van der Waals surface area contributed by atoms with Gasteiger partial charge < -0.3 is 5.11 Å². The Morgan fingerprint density at radius 2 is 2.50 bits per heavy atom. The van der Waals surface area contributed by atoms with Gasteiger partial charge in [0.25, 0.3) is 0 Å². The summed E-state index contributed by atoms with van der Waals surface area (Å²) in [5.41, 5.74) is -1.36. The quantitative estimate of drug-likeness (QED) is 0.586. The van der Waals surface area contributed by atoms with Gasteiger partial charge in [0.15, 0.2) is 0 Å². The minimum Gasteiger partial charge on any atom is -0.390 e. The second kappa shape index (κ2) is 2.70. The molecule has 1 fully saturated rings. The van der Waals surface area contributed by atoms with Crippen molar-refractivity contribution in [3.8, 4) is 0 Å². The maximum absolute atomic E-state index is 13.4. The van der Waals surface area contributed by atoms with E-state index < -0.39 is 11.8 Å². The topological polar surface area (TPSA) is 20.2 Å². The highest BCUT2D eigenvalue weighted by Crippen LogP contribution is 2.36. The van der Waals surface area contributed by atoms with Crippen LogP contribution in [0.1, 0.15) is 25.7 Å². The molecule has 2 heteroatoms. The van der Waals surface area contributed by atoms with Crippen molar-refractivity contribution in [2.24, 2.45) is 0 Å². The Balaban J connectivity index is 2.56. The Bertz CT molecular complexity index is 135. The van der Waals surface area contributed by atoms with Gasteiger partial charge in [-0.05, 0) is 19.3 Å². The molecule has 1 aliphatic rings. The molecule has 0 aliphatic heterocycles. The van der Waals surface area contributed by atoms with Crippen LogP contribution in [0.3, 0.4) is 0 Å². The molecule has 1 saturated carbocycles. The zero-order chi connectivity index (χ0) is 7.61. The summed E-state index contributed by atoms with van der Waals surface area (Å²) in [4.78, 5) is 0. The Labute approximate surface area is 60.6 Å². The van der Waals surface area contributed by atoms with Gasteiger partial charge in [-0.25, -0.2) is 4.39 Å². The van der Waals surface area contributed by atoms with Gasteiger partial charge in [0.05, 0.1) is 6.10 Å². The highest BCUT2D eigenvalue weighted by molar-refractivity contribution is 4.97. The van der Waals surface area contributed by atoms with E-state index >= 15 is 0 Å². The fraction of sp³-hybridized carbons (Fsp3) is 0.750. The van der Waals surface area contributed by atoms with Gasteiger partial charge in [-0.2, -0.15) is 0 Å². The van der Waals surface area contributed by atoms with Crippen LogP contribution in [0.5, 0.6) is 0 Å². The van der Waals surface area contributed by atoms with Crippen LogP contribution < -0.4 is 0 Å². The van der Waals surface area contributed by atoms with Crippen LogP contribution in [-0.4, -0.2) is 16.9 Å². The minimum absolute atomic E-state index is 0.286. The van der Waals surface area contributed by atoms with Crippen molar-refractivity contribution in [2.75, 3.05) is 0 Å². The van der Waals surface area contributed by atoms with Crippen molar-refractivity contribution in [1.29, 1.82) is 0 Å². The van der Waals surface area contributed by atoms with Crippen LogP contribution in [0, 0.1) is 0 Å². The molecule has 0 bridgehead atoms. The van der Waals surface area contributed by atoms with Crippen molar-refractivity contribution in [3.63, 3.8) is 0 Å². The molecule has 10 heavy (non-hydrogen) atoms. The van der Waals surface area contributed by atoms with E-state index in [4.69, 9.17) is 5.11 Å². The van der Waals surface area contributed by atoms with E-state index in [1.54, 1.807) is 0 Å². The Hall–Kier alpha value is -0.370. The molecule has 1 N–H and O–H groups in total. The first-order valence-corrected chi connectivity index (χ1v) is 3.67. The lowest BCUT2D eigenvalue weighted by molar-refractivity contribution is 0.0189. The lowest BCUT2D eigenvalue weighted by atomic mass is 9.98. The van der Waals surface area contributed by atoms with Gasteiger partial charge in [-0.3, -0.25) is 0 Å². The fourth-order valence-electron chi connectivity index (χ4n) is 1.49. The first kappa shape index (κ1) is 7.73. The number of aliphatic hydroxyl groups is 1. The first-order valence-electron chi connectivity index (χ1n) is 3.67. The zero-order valence-electron chi connectivity index (χ0n) is 6.02. The van der Waals surface area contributed by atoms with E-state index in [-0.39, 0.29) is 6.42 Å². The summed E-state index contributed by atoms with van der Waals surface area (Å²) in [6.07, 6.45) is 2.95. The molecule has 0 amide bonds. The molecule has 58 valence electrons. The summed E-state index contributed by atoms with van der Waals surface area (Å²) in [5.74, 6) is 0. The minimum atomic E-state index is -1.36. The van der Waals surface area contributed by atoms with E-state index in [1.807, 2.05) is 0 Å². The monoisotopic (exact) mass is 144 g/mol. The van der Waals surface area contributed by atoms with Crippen molar-refractivity contribution in [3.05, 3.63) is 12.7 Å². The average Bonchev–Trinajstić information content (AvgIpc) is 2.15. The third-order valence-corrected chi connectivity index (χ3v) is 2.15. The Morgan fingerprint density at radius 1 is 1.80 bits per heavy atom. The lowest BCUT2D eigenvalue weighted by Gasteiger charge is -2.21. The number of rotatable bonds is 2. The normalized spacial score (nSPS) is 40.0. The summed E-state index contributed by atoms with van der Waals surface area (Å²) in [5, 5.41) is 9.16. The molecule has 1 aliphatic carbocycles. The fourth-order valence-corrected chi connectivity index (χ4v) is 1.49. The van der Waals surface area contributed by atoms with Crippen molar-refractivity contribution in [1.82, 2.24) is 0 Å². The van der Waals surface area contributed by atoms with Crippen LogP contribution in [0.15, 0.2) is 12.7 Å². The molecule has 0 aromatic heterocycles. The molecule has 0 saturated heterocycles. The lowest BCUT2D eigenvalue weighted by Crippen LogP contribution is -2.31. The number of halogens is 1. The van der Waals surface area contributed by atoms with Crippen LogP contribution in [0.25, 0.3) is 0 Å². The number of allylic oxidation sites excluding steroid dienone is 1. The maximum Gasteiger partial charge on any atom is 0.140 e. The van der Waals surface area contributed by atoms with Crippen LogP contribution >= 0.6 is 0 Å². The van der Waals surface area contributed by atoms with E-state index in [0.29, 0.717) is 12.8 Å². The number of hydrogen-bond donors (Lipinski definition) is 1.